The minimum Gasteiger partial charge on any atom is -0.399 e. The predicted molar refractivity (Wildman–Crippen MR) is 110 cm³/mol. The number of halogens is 1. The lowest BCUT2D eigenvalue weighted by atomic mass is 10.0. The van der Waals surface area contributed by atoms with Gasteiger partial charge in [-0.1, -0.05) is 41.9 Å². The van der Waals surface area contributed by atoms with Crippen molar-refractivity contribution in [2.75, 3.05) is 11.1 Å². The van der Waals surface area contributed by atoms with Gasteiger partial charge in [0.1, 0.15) is 13.7 Å². The molecule has 2 heterocycles. The van der Waals surface area contributed by atoms with E-state index in [1.165, 1.54) is 0 Å². The average molecular weight is 362 g/mol. The smallest absolute Gasteiger partial charge is 0.151 e. The van der Waals surface area contributed by atoms with E-state index in [4.69, 9.17) is 22.3 Å². The molecule has 7 heteroatoms. The van der Waals surface area contributed by atoms with Crippen LogP contribution in [-0.4, -0.2) is 22.4 Å². The number of rotatable bonds is 4. The Balaban J connectivity index is 1.75. The summed E-state index contributed by atoms with van der Waals surface area (Å²) in [6, 6.07) is 17.5. The summed E-state index contributed by atoms with van der Waals surface area (Å²) in [5.41, 5.74) is 11.2. The SMILES string of the molecule is Bc1cnn2c(NCc3ccc(N)cc3)cc(-c3ccccc3Cl)nc12. The largest absolute Gasteiger partial charge is 0.399 e. The molecule has 0 fully saturated rings. The fourth-order valence-corrected chi connectivity index (χ4v) is 3.07. The Morgan fingerprint density at radius 1 is 1.12 bits per heavy atom. The van der Waals surface area contributed by atoms with E-state index in [0.29, 0.717) is 11.6 Å². The fraction of sp³-hybridized carbons (Fsp3) is 0.0526. The van der Waals surface area contributed by atoms with Gasteiger partial charge < -0.3 is 11.1 Å². The normalized spacial score (nSPS) is 11.0. The van der Waals surface area contributed by atoms with Crippen LogP contribution < -0.4 is 16.5 Å². The average Bonchev–Trinajstić information content (AvgIpc) is 3.02. The Hall–Kier alpha value is -2.99. The van der Waals surface area contributed by atoms with E-state index in [2.05, 4.69) is 10.4 Å². The first kappa shape index (κ1) is 16.5. The van der Waals surface area contributed by atoms with Gasteiger partial charge in [0.05, 0.1) is 5.69 Å². The van der Waals surface area contributed by atoms with Gasteiger partial charge in [0, 0.05) is 35.1 Å². The summed E-state index contributed by atoms with van der Waals surface area (Å²) in [4.78, 5) is 4.75. The zero-order chi connectivity index (χ0) is 18.1. The number of nitrogen functional groups attached to an aromatic ring is 1. The topological polar surface area (TPSA) is 68.2 Å². The molecule has 5 nitrogen and oxygen atoms in total. The third-order valence-electron chi connectivity index (χ3n) is 4.25. The highest BCUT2D eigenvalue weighted by Crippen LogP contribution is 2.28. The van der Waals surface area contributed by atoms with Crippen molar-refractivity contribution < 1.29 is 0 Å². The molecule has 128 valence electrons. The fourth-order valence-electron chi connectivity index (χ4n) is 2.83. The van der Waals surface area contributed by atoms with Crippen molar-refractivity contribution >= 4 is 42.1 Å². The summed E-state index contributed by atoms with van der Waals surface area (Å²) >= 11 is 6.37. The van der Waals surface area contributed by atoms with Crippen LogP contribution in [0.25, 0.3) is 16.9 Å². The number of fused-ring (bicyclic) bond motifs is 1. The van der Waals surface area contributed by atoms with Crippen LogP contribution in [0.3, 0.4) is 0 Å². The molecule has 0 aliphatic carbocycles. The maximum absolute atomic E-state index is 6.37. The number of anilines is 2. The Labute approximate surface area is 157 Å². The molecule has 0 bridgehead atoms. The van der Waals surface area contributed by atoms with Gasteiger partial charge in [-0.25, -0.2) is 4.98 Å². The summed E-state index contributed by atoms with van der Waals surface area (Å²) < 4.78 is 1.81. The van der Waals surface area contributed by atoms with Crippen LogP contribution in [0.2, 0.25) is 5.02 Å². The highest BCUT2D eigenvalue weighted by atomic mass is 35.5. The van der Waals surface area contributed by atoms with Gasteiger partial charge in [0.2, 0.25) is 0 Å². The minimum absolute atomic E-state index is 0.653. The van der Waals surface area contributed by atoms with Crippen LogP contribution in [0.4, 0.5) is 11.5 Å². The van der Waals surface area contributed by atoms with E-state index in [9.17, 15) is 0 Å². The molecule has 4 aromatic rings. The molecule has 0 saturated heterocycles. The molecule has 0 saturated carbocycles. The van der Waals surface area contributed by atoms with Crippen LogP contribution in [0.15, 0.2) is 60.8 Å². The van der Waals surface area contributed by atoms with Gasteiger partial charge in [0.25, 0.3) is 0 Å². The van der Waals surface area contributed by atoms with E-state index >= 15 is 0 Å². The first-order valence-corrected chi connectivity index (χ1v) is 8.68. The molecule has 2 aromatic carbocycles. The first-order chi connectivity index (χ1) is 12.6. The van der Waals surface area contributed by atoms with Crippen molar-refractivity contribution in [1.82, 2.24) is 14.6 Å². The number of aromatic nitrogens is 3. The van der Waals surface area contributed by atoms with Crippen molar-refractivity contribution in [2.24, 2.45) is 0 Å². The van der Waals surface area contributed by atoms with E-state index in [0.717, 1.165) is 39.4 Å². The lowest BCUT2D eigenvalue weighted by Crippen LogP contribution is -2.09. The Morgan fingerprint density at radius 3 is 2.65 bits per heavy atom. The van der Waals surface area contributed by atoms with Gasteiger partial charge in [-0.05, 0) is 29.2 Å². The van der Waals surface area contributed by atoms with Crippen molar-refractivity contribution in [2.45, 2.75) is 6.54 Å². The molecule has 0 radical (unpaired) electrons. The number of nitrogens with zero attached hydrogens (tertiary/aromatic N) is 3. The van der Waals surface area contributed by atoms with Gasteiger partial charge in [-0.3, -0.25) is 0 Å². The molecule has 3 N–H and O–H groups in total. The maximum Gasteiger partial charge on any atom is 0.151 e. The summed E-state index contributed by atoms with van der Waals surface area (Å²) in [6.07, 6.45) is 1.81. The summed E-state index contributed by atoms with van der Waals surface area (Å²) in [7, 11) is 2.00. The highest BCUT2D eigenvalue weighted by molar-refractivity contribution is 6.36. The van der Waals surface area contributed by atoms with Crippen molar-refractivity contribution in [3.63, 3.8) is 0 Å². The number of benzene rings is 2. The van der Waals surface area contributed by atoms with Crippen molar-refractivity contribution in [3.8, 4) is 11.3 Å². The van der Waals surface area contributed by atoms with Crippen molar-refractivity contribution in [1.29, 1.82) is 0 Å². The molecule has 0 spiro atoms. The van der Waals surface area contributed by atoms with Crippen LogP contribution in [0.5, 0.6) is 0 Å². The summed E-state index contributed by atoms with van der Waals surface area (Å²) in [6.45, 7) is 0.653. The molecular weight excluding hydrogens is 345 g/mol. The second kappa shape index (κ2) is 6.73. The highest BCUT2D eigenvalue weighted by Gasteiger charge is 2.12. The van der Waals surface area contributed by atoms with Gasteiger partial charge >= 0.3 is 0 Å². The molecule has 2 aromatic heterocycles. The third-order valence-corrected chi connectivity index (χ3v) is 4.58. The van der Waals surface area contributed by atoms with E-state index < -0.39 is 0 Å². The number of nitrogens with one attached hydrogen (secondary N) is 1. The zero-order valence-corrected chi connectivity index (χ0v) is 15.0. The number of nitrogens with two attached hydrogens (primary N) is 1. The van der Waals surface area contributed by atoms with Crippen LogP contribution in [0.1, 0.15) is 5.56 Å². The molecule has 0 unspecified atom stereocenters. The van der Waals surface area contributed by atoms with E-state index in [1.807, 2.05) is 73.2 Å². The Morgan fingerprint density at radius 2 is 1.88 bits per heavy atom. The molecule has 0 aliphatic rings. The van der Waals surface area contributed by atoms with E-state index in [1.54, 1.807) is 0 Å². The zero-order valence-electron chi connectivity index (χ0n) is 14.3. The quantitative estimate of drug-likeness (QED) is 0.433. The molecular formula is C19H17BClN5. The van der Waals surface area contributed by atoms with Crippen LogP contribution >= 0.6 is 11.6 Å². The predicted octanol–water partition coefficient (Wildman–Crippen LogP) is 2.50. The van der Waals surface area contributed by atoms with Gasteiger partial charge in [0.15, 0.2) is 5.65 Å². The minimum atomic E-state index is 0.653. The molecule has 0 aliphatic heterocycles. The molecule has 0 amide bonds. The Kier molecular flexibility index (Phi) is 4.26. The standard InChI is InChI=1S/C19H17BClN5/c20-15-11-24-26-18(23-10-12-5-7-13(22)8-6-12)9-17(25-19(15)26)14-3-1-2-4-16(14)21/h1-9,11,23H,10,20,22H2. The van der Waals surface area contributed by atoms with Gasteiger partial charge in [-0.2, -0.15) is 9.61 Å². The second-order valence-electron chi connectivity index (χ2n) is 6.16. The maximum atomic E-state index is 6.37. The van der Waals surface area contributed by atoms with Gasteiger partial charge in [-0.15, -0.1) is 0 Å². The molecule has 4 rings (SSSR count). The summed E-state index contributed by atoms with van der Waals surface area (Å²) in [5.74, 6) is 0.856. The lowest BCUT2D eigenvalue weighted by Gasteiger charge is -2.12. The van der Waals surface area contributed by atoms with Crippen molar-refractivity contribution in [3.05, 3.63) is 71.4 Å². The number of hydrogen-bond donors (Lipinski definition) is 2. The lowest BCUT2D eigenvalue weighted by molar-refractivity contribution is 0.927. The monoisotopic (exact) mass is 361 g/mol. The second-order valence-corrected chi connectivity index (χ2v) is 6.57. The third kappa shape index (κ3) is 3.11. The number of hydrogen-bond acceptors (Lipinski definition) is 4. The summed E-state index contributed by atoms with van der Waals surface area (Å²) in [5, 5.41) is 8.56. The molecule has 26 heavy (non-hydrogen) atoms. The Bertz CT molecular complexity index is 1080. The molecule has 0 atom stereocenters. The van der Waals surface area contributed by atoms with Crippen LogP contribution in [0, 0.1) is 0 Å². The van der Waals surface area contributed by atoms with E-state index in [-0.39, 0.29) is 0 Å². The van der Waals surface area contributed by atoms with Crippen LogP contribution in [-0.2, 0) is 6.54 Å². The first-order valence-electron chi connectivity index (χ1n) is 8.30.